The second kappa shape index (κ2) is 7.41. The van der Waals surface area contributed by atoms with Crippen molar-refractivity contribution in [2.24, 2.45) is 0 Å². The van der Waals surface area contributed by atoms with Crippen molar-refractivity contribution in [1.82, 2.24) is 14.9 Å². The SMILES string of the molecule is Cc1nc2c(s1)c1cc(C(=O)N[C@H](C)CO)ccc1n2-c1ccc(C(F)(F)F)cc1. The third-order valence-corrected chi connectivity index (χ3v) is 5.77. The molecule has 156 valence electrons. The lowest BCUT2D eigenvalue weighted by molar-refractivity contribution is -0.137. The van der Waals surface area contributed by atoms with E-state index in [0.717, 1.165) is 32.7 Å². The zero-order valence-corrected chi connectivity index (χ0v) is 16.9. The number of aliphatic hydroxyl groups excluding tert-OH is 1. The van der Waals surface area contributed by atoms with E-state index in [2.05, 4.69) is 10.3 Å². The highest BCUT2D eigenvalue weighted by Gasteiger charge is 2.30. The lowest BCUT2D eigenvalue weighted by Crippen LogP contribution is -2.34. The second-order valence-corrected chi connectivity index (χ2v) is 8.26. The first-order chi connectivity index (χ1) is 14.2. The third-order valence-electron chi connectivity index (χ3n) is 4.78. The number of nitrogens with one attached hydrogen (secondary N) is 1. The van der Waals surface area contributed by atoms with Gasteiger partial charge in [-0.1, -0.05) is 0 Å². The molecule has 2 aromatic carbocycles. The van der Waals surface area contributed by atoms with Crippen molar-refractivity contribution in [1.29, 1.82) is 0 Å². The molecule has 4 aromatic rings. The van der Waals surface area contributed by atoms with Gasteiger partial charge in [0.25, 0.3) is 5.91 Å². The Bertz CT molecular complexity index is 1240. The van der Waals surface area contributed by atoms with Gasteiger partial charge in [0, 0.05) is 22.7 Å². The molecule has 5 nitrogen and oxygen atoms in total. The Morgan fingerprint density at radius 3 is 2.57 bits per heavy atom. The maximum Gasteiger partial charge on any atom is 0.416 e. The molecule has 0 aliphatic heterocycles. The predicted octanol–water partition coefficient (Wildman–Crippen LogP) is 4.68. The van der Waals surface area contributed by atoms with E-state index in [1.54, 1.807) is 29.7 Å². The Balaban J connectivity index is 1.86. The molecule has 0 fully saturated rings. The van der Waals surface area contributed by atoms with Crippen LogP contribution in [0.5, 0.6) is 0 Å². The lowest BCUT2D eigenvalue weighted by atomic mass is 10.1. The number of amides is 1. The Kier molecular flexibility index (Phi) is 5.03. The monoisotopic (exact) mass is 433 g/mol. The van der Waals surface area contributed by atoms with Crippen LogP contribution in [0, 0.1) is 6.92 Å². The zero-order valence-electron chi connectivity index (χ0n) is 16.1. The zero-order chi connectivity index (χ0) is 21.6. The van der Waals surface area contributed by atoms with Crippen molar-refractivity contribution >= 4 is 38.5 Å². The maximum atomic E-state index is 12.9. The van der Waals surface area contributed by atoms with Crippen molar-refractivity contribution in [3.8, 4) is 5.69 Å². The number of hydrogen-bond donors (Lipinski definition) is 2. The molecule has 4 rings (SSSR count). The van der Waals surface area contributed by atoms with E-state index in [0.29, 0.717) is 16.9 Å². The molecule has 9 heteroatoms. The predicted molar refractivity (Wildman–Crippen MR) is 110 cm³/mol. The summed E-state index contributed by atoms with van der Waals surface area (Å²) in [6.07, 6.45) is -4.40. The average molecular weight is 433 g/mol. The van der Waals surface area contributed by atoms with Crippen LogP contribution in [0.4, 0.5) is 13.2 Å². The number of aryl methyl sites for hydroxylation is 1. The molecule has 2 heterocycles. The highest BCUT2D eigenvalue weighted by atomic mass is 32.1. The lowest BCUT2D eigenvalue weighted by Gasteiger charge is -2.12. The number of nitrogens with zero attached hydrogens (tertiary/aromatic N) is 2. The van der Waals surface area contributed by atoms with Gasteiger partial charge in [0.05, 0.1) is 27.4 Å². The third kappa shape index (κ3) is 3.54. The number of aliphatic hydroxyl groups is 1. The van der Waals surface area contributed by atoms with Crippen LogP contribution in [0.25, 0.3) is 26.9 Å². The number of benzene rings is 2. The second-order valence-electron chi connectivity index (χ2n) is 7.05. The molecule has 0 bridgehead atoms. The molecule has 2 N–H and O–H groups in total. The maximum absolute atomic E-state index is 12.9. The Hall–Kier alpha value is -2.91. The molecule has 0 unspecified atom stereocenters. The summed E-state index contributed by atoms with van der Waals surface area (Å²) >= 11 is 1.46. The summed E-state index contributed by atoms with van der Waals surface area (Å²) in [7, 11) is 0. The number of thiazole rings is 1. The van der Waals surface area contributed by atoms with Crippen molar-refractivity contribution in [3.05, 3.63) is 58.6 Å². The number of carbonyl (C=O) groups excluding carboxylic acids is 1. The van der Waals surface area contributed by atoms with Gasteiger partial charge in [-0.05, 0) is 56.3 Å². The normalized spacial score (nSPS) is 13.1. The van der Waals surface area contributed by atoms with Gasteiger partial charge in [-0.2, -0.15) is 13.2 Å². The summed E-state index contributed by atoms with van der Waals surface area (Å²) in [5, 5.41) is 13.5. The molecule has 0 saturated heterocycles. The molecule has 1 atom stereocenters. The fourth-order valence-electron chi connectivity index (χ4n) is 3.32. The van der Waals surface area contributed by atoms with E-state index < -0.39 is 11.7 Å². The van der Waals surface area contributed by atoms with E-state index in [1.165, 1.54) is 23.5 Å². The number of rotatable bonds is 4. The molecule has 1 amide bonds. The number of aromatic nitrogens is 2. The number of hydrogen-bond acceptors (Lipinski definition) is 4. The summed E-state index contributed by atoms with van der Waals surface area (Å²) in [6, 6.07) is 9.70. The molecule has 0 saturated carbocycles. The van der Waals surface area contributed by atoms with Crippen LogP contribution in [0.15, 0.2) is 42.5 Å². The Morgan fingerprint density at radius 2 is 1.93 bits per heavy atom. The van der Waals surface area contributed by atoms with E-state index in [4.69, 9.17) is 5.11 Å². The van der Waals surface area contributed by atoms with Crippen LogP contribution < -0.4 is 5.32 Å². The number of halogens is 3. The minimum absolute atomic E-state index is 0.170. The van der Waals surface area contributed by atoms with Gasteiger partial charge in [0.15, 0.2) is 5.65 Å². The van der Waals surface area contributed by atoms with Crippen molar-refractivity contribution in [2.75, 3.05) is 6.61 Å². The number of alkyl halides is 3. The van der Waals surface area contributed by atoms with Crippen LogP contribution >= 0.6 is 11.3 Å². The van der Waals surface area contributed by atoms with E-state index in [9.17, 15) is 18.0 Å². The standard InChI is InChI=1S/C21H18F3N3O2S/c1-11(10-28)25-20(29)13-3-8-17-16(9-13)18-19(26-12(2)30-18)27(17)15-6-4-14(5-7-15)21(22,23)24/h3-9,11,28H,10H2,1-2H3,(H,25,29)/t11-/m1/s1. The topological polar surface area (TPSA) is 67.2 Å². The van der Waals surface area contributed by atoms with Gasteiger partial charge >= 0.3 is 6.18 Å². The first-order valence-electron chi connectivity index (χ1n) is 9.20. The Morgan fingerprint density at radius 1 is 1.23 bits per heavy atom. The first-order valence-corrected chi connectivity index (χ1v) is 10.0. The summed E-state index contributed by atoms with van der Waals surface area (Å²) in [5.41, 5.74) is 1.65. The smallest absolute Gasteiger partial charge is 0.394 e. The van der Waals surface area contributed by atoms with E-state index >= 15 is 0 Å². The quantitative estimate of drug-likeness (QED) is 0.491. The fraction of sp³-hybridized carbons (Fsp3) is 0.238. The number of carbonyl (C=O) groups is 1. The van der Waals surface area contributed by atoms with Crippen LogP contribution in [-0.4, -0.2) is 33.2 Å². The molecule has 0 aliphatic carbocycles. The largest absolute Gasteiger partial charge is 0.416 e. The summed E-state index contributed by atoms with van der Waals surface area (Å²) in [6.45, 7) is 3.38. The molecular weight excluding hydrogens is 415 g/mol. The minimum Gasteiger partial charge on any atom is -0.394 e. The van der Waals surface area contributed by atoms with Crippen molar-refractivity contribution in [2.45, 2.75) is 26.1 Å². The van der Waals surface area contributed by atoms with Gasteiger partial charge in [0.2, 0.25) is 0 Å². The molecule has 0 radical (unpaired) electrons. The molecular formula is C21H18F3N3O2S. The molecule has 0 spiro atoms. The average Bonchev–Trinajstić information content (AvgIpc) is 3.21. The van der Waals surface area contributed by atoms with Gasteiger partial charge in [-0.15, -0.1) is 11.3 Å². The van der Waals surface area contributed by atoms with E-state index in [-0.39, 0.29) is 18.6 Å². The van der Waals surface area contributed by atoms with Crippen LogP contribution in [0.2, 0.25) is 0 Å². The first kappa shape index (κ1) is 20.4. The van der Waals surface area contributed by atoms with Crippen molar-refractivity contribution in [3.63, 3.8) is 0 Å². The van der Waals surface area contributed by atoms with Gasteiger partial charge in [0.1, 0.15) is 0 Å². The highest BCUT2D eigenvalue weighted by Crippen LogP contribution is 2.37. The molecule has 2 aromatic heterocycles. The van der Waals surface area contributed by atoms with Gasteiger partial charge < -0.3 is 10.4 Å². The van der Waals surface area contributed by atoms with Crippen LogP contribution in [0.1, 0.15) is 27.9 Å². The molecule has 0 aliphatic rings. The van der Waals surface area contributed by atoms with E-state index in [1.807, 2.05) is 6.92 Å². The molecule has 30 heavy (non-hydrogen) atoms. The fourth-order valence-corrected chi connectivity index (χ4v) is 4.25. The summed E-state index contributed by atoms with van der Waals surface area (Å²) in [4.78, 5) is 17.0. The number of fused-ring (bicyclic) bond motifs is 3. The highest BCUT2D eigenvalue weighted by molar-refractivity contribution is 7.19. The summed E-state index contributed by atoms with van der Waals surface area (Å²) in [5.74, 6) is -0.310. The Labute approximate surface area is 173 Å². The van der Waals surface area contributed by atoms with Gasteiger partial charge in [-0.3, -0.25) is 9.36 Å². The van der Waals surface area contributed by atoms with Crippen LogP contribution in [-0.2, 0) is 6.18 Å². The van der Waals surface area contributed by atoms with Crippen molar-refractivity contribution < 1.29 is 23.1 Å². The minimum atomic E-state index is -4.40. The van der Waals surface area contributed by atoms with Crippen LogP contribution in [0.3, 0.4) is 0 Å². The van der Waals surface area contributed by atoms with Gasteiger partial charge in [-0.25, -0.2) is 4.98 Å². The summed E-state index contributed by atoms with van der Waals surface area (Å²) < 4.78 is 41.5.